The Balaban J connectivity index is 1.55. The van der Waals surface area contributed by atoms with Gasteiger partial charge in [-0.05, 0) is 42.7 Å². The molecule has 0 nitrogen and oxygen atoms in total. The number of unbranched alkanes of at least 4 members (excludes halogenated alkanes) is 7. The van der Waals surface area contributed by atoms with Crippen molar-refractivity contribution < 1.29 is 17.6 Å². The van der Waals surface area contributed by atoms with E-state index in [9.17, 15) is 17.6 Å². The lowest BCUT2D eigenvalue weighted by atomic mass is 9.82. The van der Waals surface area contributed by atoms with Crippen LogP contribution in [0, 0.1) is 11.6 Å². The molecule has 4 heteroatoms. The molecule has 0 aliphatic heterocycles. The summed E-state index contributed by atoms with van der Waals surface area (Å²) in [5.74, 6) is -4.13. The molecular formula is C29H36F4. The van der Waals surface area contributed by atoms with E-state index in [0.29, 0.717) is 18.4 Å². The largest absolute Gasteiger partial charge is 0.248 e. The highest BCUT2D eigenvalue weighted by atomic mass is 19.3. The zero-order valence-electron chi connectivity index (χ0n) is 19.7. The van der Waals surface area contributed by atoms with Crippen molar-refractivity contribution in [2.75, 3.05) is 0 Å². The first-order chi connectivity index (χ1) is 15.9. The Hall–Kier alpha value is -2.10. The fourth-order valence-electron chi connectivity index (χ4n) is 4.65. The highest BCUT2D eigenvalue weighted by Gasteiger charge is 2.35. The van der Waals surface area contributed by atoms with Crippen LogP contribution in [0.4, 0.5) is 17.6 Å². The summed E-state index contributed by atoms with van der Waals surface area (Å²) in [6, 6.07) is 10.5. The molecule has 0 radical (unpaired) electrons. The van der Waals surface area contributed by atoms with E-state index in [1.54, 1.807) is 30.3 Å². The highest BCUT2D eigenvalue weighted by Crippen LogP contribution is 2.41. The number of alkyl halides is 2. The van der Waals surface area contributed by atoms with Crippen molar-refractivity contribution in [2.45, 2.75) is 95.8 Å². The Morgan fingerprint density at radius 2 is 1.45 bits per heavy atom. The van der Waals surface area contributed by atoms with Gasteiger partial charge in [0.05, 0.1) is 0 Å². The highest BCUT2D eigenvalue weighted by molar-refractivity contribution is 5.67. The van der Waals surface area contributed by atoms with Gasteiger partial charge in [-0.15, -0.1) is 0 Å². The molecule has 1 saturated carbocycles. The molecule has 0 spiro atoms. The van der Waals surface area contributed by atoms with Gasteiger partial charge in [-0.1, -0.05) is 94.0 Å². The second-order valence-corrected chi connectivity index (χ2v) is 9.39. The number of hydrogen-bond donors (Lipinski definition) is 0. The Bertz CT molecular complexity index is 889. The average molecular weight is 461 g/mol. The van der Waals surface area contributed by atoms with Crippen molar-refractivity contribution in [3.05, 3.63) is 65.2 Å². The molecule has 1 aliphatic rings. The van der Waals surface area contributed by atoms with Crippen LogP contribution in [0.5, 0.6) is 0 Å². The van der Waals surface area contributed by atoms with Crippen LogP contribution >= 0.6 is 0 Å². The van der Waals surface area contributed by atoms with E-state index >= 15 is 0 Å². The van der Waals surface area contributed by atoms with Crippen LogP contribution in [0.2, 0.25) is 0 Å². The number of hydrogen-bond acceptors (Lipinski definition) is 0. The second kappa shape index (κ2) is 12.4. The molecule has 0 bridgehead atoms. The standard InChI is InChI=1S/C29H36F4/c1-2-3-4-5-6-7-8-9-10-11-25-16-17-26(28(31)27(25)30)24-14-12-22(13-15-24)23-18-20-29(32,33)21-19-23/h10-17,23H,2-9,18-21H2,1H3/b11-10+. The van der Waals surface area contributed by atoms with E-state index in [-0.39, 0.29) is 29.9 Å². The van der Waals surface area contributed by atoms with Gasteiger partial charge in [0.1, 0.15) is 0 Å². The number of rotatable bonds is 11. The predicted octanol–water partition coefficient (Wildman–Crippen LogP) is 10.1. The van der Waals surface area contributed by atoms with Gasteiger partial charge in [0.15, 0.2) is 11.6 Å². The lowest BCUT2D eigenvalue weighted by Gasteiger charge is -2.28. The summed E-state index contributed by atoms with van der Waals surface area (Å²) in [6.45, 7) is 2.21. The summed E-state index contributed by atoms with van der Waals surface area (Å²) in [5.41, 5.74) is 2.06. The summed E-state index contributed by atoms with van der Waals surface area (Å²) in [7, 11) is 0. The maximum absolute atomic E-state index is 14.8. The number of halogens is 4. The summed E-state index contributed by atoms with van der Waals surface area (Å²) in [6.07, 6.45) is 13.8. The zero-order chi connectivity index (χ0) is 23.7. The van der Waals surface area contributed by atoms with E-state index in [1.165, 1.54) is 38.5 Å². The van der Waals surface area contributed by atoms with Gasteiger partial charge >= 0.3 is 0 Å². The lowest BCUT2D eigenvalue weighted by molar-refractivity contribution is -0.0382. The first kappa shape index (κ1) is 25.5. The summed E-state index contributed by atoms with van der Waals surface area (Å²) in [4.78, 5) is 0. The van der Waals surface area contributed by atoms with Crippen molar-refractivity contribution in [2.24, 2.45) is 0 Å². The summed E-state index contributed by atoms with van der Waals surface area (Å²) < 4.78 is 56.2. The average Bonchev–Trinajstić information content (AvgIpc) is 2.81. The van der Waals surface area contributed by atoms with Gasteiger partial charge in [0.2, 0.25) is 5.92 Å². The van der Waals surface area contributed by atoms with Gasteiger partial charge in [-0.3, -0.25) is 0 Å². The minimum Gasteiger partial charge on any atom is -0.207 e. The van der Waals surface area contributed by atoms with Crippen LogP contribution in [0.3, 0.4) is 0 Å². The first-order valence-corrected chi connectivity index (χ1v) is 12.5. The normalized spacial score (nSPS) is 16.5. The first-order valence-electron chi connectivity index (χ1n) is 12.5. The molecule has 0 heterocycles. The van der Waals surface area contributed by atoms with Crippen molar-refractivity contribution in [1.82, 2.24) is 0 Å². The van der Waals surface area contributed by atoms with E-state index in [4.69, 9.17) is 0 Å². The van der Waals surface area contributed by atoms with Gasteiger partial charge in [0.25, 0.3) is 0 Å². The smallest absolute Gasteiger partial charge is 0.207 e. The zero-order valence-corrected chi connectivity index (χ0v) is 19.7. The molecule has 2 aromatic carbocycles. The molecule has 1 aliphatic carbocycles. The monoisotopic (exact) mass is 460 g/mol. The second-order valence-electron chi connectivity index (χ2n) is 9.39. The van der Waals surface area contributed by atoms with Crippen molar-refractivity contribution >= 4 is 6.08 Å². The van der Waals surface area contributed by atoms with E-state index in [0.717, 1.165) is 18.4 Å². The molecule has 33 heavy (non-hydrogen) atoms. The fraction of sp³-hybridized carbons (Fsp3) is 0.517. The molecular weight excluding hydrogens is 424 g/mol. The van der Waals surface area contributed by atoms with Crippen molar-refractivity contribution in [3.8, 4) is 11.1 Å². The Labute approximate surface area is 196 Å². The molecule has 3 rings (SSSR count). The maximum Gasteiger partial charge on any atom is 0.248 e. The van der Waals surface area contributed by atoms with E-state index < -0.39 is 17.6 Å². The van der Waals surface area contributed by atoms with Crippen LogP contribution in [0.25, 0.3) is 17.2 Å². The lowest BCUT2D eigenvalue weighted by Crippen LogP contribution is -2.23. The Kier molecular flexibility index (Phi) is 9.58. The van der Waals surface area contributed by atoms with Crippen LogP contribution in [0.1, 0.15) is 101 Å². The minimum atomic E-state index is -2.55. The minimum absolute atomic E-state index is 0.0901. The van der Waals surface area contributed by atoms with Gasteiger partial charge in [-0.25, -0.2) is 17.6 Å². The fourth-order valence-corrected chi connectivity index (χ4v) is 4.65. The predicted molar refractivity (Wildman–Crippen MR) is 130 cm³/mol. The summed E-state index contributed by atoms with van der Waals surface area (Å²) in [5, 5.41) is 0. The topological polar surface area (TPSA) is 0 Å². The van der Waals surface area contributed by atoms with Gasteiger partial charge in [0, 0.05) is 24.0 Å². The molecule has 0 N–H and O–H groups in total. The van der Waals surface area contributed by atoms with E-state index in [1.807, 2.05) is 18.2 Å². The SMILES string of the molecule is CCCCCCCCC/C=C/c1ccc(-c2ccc(C3CCC(F)(F)CC3)cc2)c(F)c1F. The number of allylic oxidation sites excluding steroid dienone is 1. The van der Waals surface area contributed by atoms with Crippen LogP contribution in [0.15, 0.2) is 42.5 Å². The molecule has 180 valence electrons. The van der Waals surface area contributed by atoms with Gasteiger partial charge < -0.3 is 0 Å². The van der Waals surface area contributed by atoms with Crippen LogP contribution in [-0.2, 0) is 0 Å². The van der Waals surface area contributed by atoms with Crippen molar-refractivity contribution in [1.29, 1.82) is 0 Å². The molecule has 2 aromatic rings. The van der Waals surface area contributed by atoms with Crippen LogP contribution in [-0.4, -0.2) is 5.92 Å². The summed E-state index contributed by atoms with van der Waals surface area (Å²) >= 11 is 0. The van der Waals surface area contributed by atoms with Gasteiger partial charge in [-0.2, -0.15) is 0 Å². The molecule has 0 saturated heterocycles. The Morgan fingerprint density at radius 3 is 2.12 bits per heavy atom. The molecule has 1 fully saturated rings. The number of benzene rings is 2. The Morgan fingerprint density at radius 1 is 0.818 bits per heavy atom. The third-order valence-electron chi connectivity index (χ3n) is 6.79. The maximum atomic E-state index is 14.8. The third kappa shape index (κ3) is 7.45. The molecule has 0 amide bonds. The molecule has 0 atom stereocenters. The third-order valence-corrected chi connectivity index (χ3v) is 6.79. The molecule has 0 unspecified atom stereocenters. The van der Waals surface area contributed by atoms with Crippen molar-refractivity contribution in [3.63, 3.8) is 0 Å². The van der Waals surface area contributed by atoms with Crippen LogP contribution < -0.4 is 0 Å². The molecule has 0 aromatic heterocycles. The quantitative estimate of drug-likeness (QED) is 0.231. The van der Waals surface area contributed by atoms with E-state index in [2.05, 4.69) is 6.92 Å².